The first-order chi connectivity index (χ1) is 8.74. The van der Waals surface area contributed by atoms with Gasteiger partial charge in [-0.25, -0.2) is 0 Å². The minimum absolute atomic E-state index is 0.0188. The molecule has 96 valence electrons. The maximum atomic E-state index is 11.9. The first-order valence-electron chi connectivity index (χ1n) is 6.27. The highest BCUT2D eigenvalue weighted by molar-refractivity contribution is 5.95. The van der Waals surface area contributed by atoms with Crippen LogP contribution >= 0.6 is 0 Å². The van der Waals surface area contributed by atoms with Crippen LogP contribution in [0.25, 0.3) is 0 Å². The van der Waals surface area contributed by atoms with Gasteiger partial charge in [-0.1, -0.05) is 6.42 Å². The van der Waals surface area contributed by atoms with Crippen molar-refractivity contribution < 1.29 is 14.3 Å². The second kappa shape index (κ2) is 5.67. The molecule has 1 aromatic rings. The average Bonchev–Trinajstić information content (AvgIpc) is 2.29. The summed E-state index contributed by atoms with van der Waals surface area (Å²) < 4.78 is 5.44. The molecule has 1 aliphatic rings. The van der Waals surface area contributed by atoms with Crippen LogP contribution in [-0.4, -0.2) is 18.8 Å². The highest BCUT2D eigenvalue weighted by Gasteiger charge is 2.25. The van der Waals surface area contributed by atoms with Gasteiger partial charge in [0.2, 0.25) is 5.91 Å². The Morgan fingerprint density at radius 3 is 2.83 bits per heavy atom. The lowest BCUT2D eigenvalue weighted by Crippen LogP contribution is -2.28. The van der Waals surface area contributed by atoms with E-state index in [9.17, 15) is 9.59 Å². The van der Waals surface area contributed by atoms with Gasteiger partial charge in [-0.05, 0) is 38.0 Å². The molecule has 0 aliphatic heterocycles. The number of carbonyl (C=O) groups is 2. The summed E-state index contributed by atoms with van der Waals surface area (Å²) in [6, 6.07) is 5.04. The fourth-order valence-corrected chi connectivity index (χ4v) is 1.91. The molecule has 1 aromatic carbocycles. The molecule has 1 N–H and O–H groups in total. The lowest BCUT2D eigenvalue weighted by molar-refractivity contribution is -0.122. The van der Waals surface area contributed by atoms with Gasteiger partial charge in [-0.3, -0.25) is 9.59 Å². The lowest BCUT2D eigenvalue weighted by atomic mass is 9.85. The van der Waals surface area contributed by atoms with E-state index in [2.05, 4.69) is 5.32 Å². The Labute approximate surface area is 106 Å². The van der Waals surface area contributed by atoms with E-state index in [1.807, 2.05) is 6.92 Å². The molecule has 0 saturated heterocycles. The SMILES string of the molecule is CCOc1ccc(C=O)cc1NC(=O)C1CCC1. The number of rotatable bonds is 5. The van der Waals surface area contributed by atoms with Crippen molar-refractivity contribution in [1.29, 1.82) is 0 Å². The number of ether oxygens (including phenoxy) is 1. The van der Waals surface area contributed by atoms with Crippen molar-refractivity contribution in [2.75, 3.05) is 11.9 Å². The van der Waals surface area contributed by atoms with Crippen molar-refractivity contribution in [3.8, 4) is 5.75 Å². The van der Waals surface area contributed by atoms with Gasteiger partial charge >= 0.3 is 0 Å². The zero-order chi connectivity index (χ0) is 13.0. The second-order valence-corrected chi connectivity index (χ2v) is 4.42. The van der Waals surface area contributed by atoms with Gasteiger partial charge in [0.25, 0.3) is 0 Å². The number of anilines is 1. The number of hydrogen-bond acceptors (Lipinski definition) is 3. The molecule has 4 heteroatoms. The van der Waals surface area contributed by atoms with Crippen molar-refractivity contribution in [2.45, 2.75) is 26.2 Å². The molecule has 0 spiro atoms. The predicted molar refractivity (Wildman–Crippen MR) is 69.0 cm³/mol. The Bertz CT molecular complexity index is 452. The first kappa shape index (κ1) is 12.6. The first-order valence-corrected chi connectivity index (χ1v) is 6.27. The largest absolute Gasteiger partial charge is 0.492 e. The van der Waals surface area contributed by atoms with E-state index < -0.39 is 0 Å². The molecule has 0 heterocycles. The van der Waals surface area contributed by atoms with Crippen LogP contribution in [-0.2, 0) is 4.79 Å². The van der Waals surface area contributed by atoms with Crippen LogP contribution in [0.5, 0.6) is 5.75 Å². The van der Waals surface area contributed by atoms with E-state index in [1.165, 1.54) is 0 Å². The monoisotopic (exact) mass is 247 g/mol. The third-order valence-corrected chi connectivity index (χ3v) is 3.17. The highest BCUT2D eigenvalue weighted by Crippen LogP contribution is 2.30. The molecular formula is C14H17NO3. The maximum Gasteiger partial charge on any atom is 0.227 e. The third-order valence-electron chi connectivity index (χ3n) is 3.17. The van der Waals surface area contributed by atoms with Gasteiger partial charge in [-0.15, -0.1) is 0 Å². The summed E-state index contributed by atoms with van der Waals surface area (Å²) in [5, 5.41) is 2.85. The van der Waals surface area contributed by atoms with Crippen LogP contribution < -0.4 is 10.1 Å². The fraction of sp³-hybridized carbons (Fsp3) is 0.429. The number of nitrogens with one attached hydrogen (secondary N) is 1. The molecule has 1 aliphatic carbocycles. The van der Waals surface area contributed by atoms with Crippen molar-refractivity contribution >= 4 is 17.9 Å². The van der Waals surface area contributed by atoms with Crippen LogP contribution in [0.1, 0.15) is 36.5 Å². The Morgan fingerprint density at radius 1 is 1.50 bits per heavy atom. The van der Waals surface area contributed by atoms with Gasteiger partial charge in [-0.2, -0.15) is 0 Å². The molecule has 2 rings (SSSR count). The summed E-state index contributed by atoms with van der Waals surface area (Å²) in [7, 11) is 0. The molecule has 0 aromatic heterocycles. The standard InChI is InChI=1S/C14H17NO3/c1-2-18-13-7-6-10(9-16)8-12(13)15-14(17)11-4-3-5-11/h6-9,11H,2-5H2,1H3,(H,15,17). The average molecular weight is 247 g/mol. The number of hydrogen-bond donors (Lipinski definition) is 1. The summed E-state index contributed by atoms with van der Waals surface area (Å²) in [4.78, 5) is 22.7. The summed E-state index contributed by atoms with van der Waals surface area (Å²) in [6.07, 6.45) is 3.77. The van der Waals surface area contributed by atoms with Crippen LogP contribution in [0.2, 0.25) is 0 Å². The molecule has 1 fully saturated rings. The molecule has 18 heavy (non-hydrogen) atoms. The molecule has 0 unspecified atom stereocenters. The minimum Gasteiger partial charge on any atom is -0.492 e. The summed E-state index contributed by atoms with van der Waals surface area (Å²) in [5.74, 6) is 0.736. The van der Waals surface area contributed by atoms with E-state index >= 15 is 0 Å². The predicted octanol–water partition coefficient (Wildman–Crippen LogP) is 2.64. The summed E-state index contributed by atoms with van der Waals surface area (Å²) >= 11 is 0. The zero-order valence-electron chi connectivity index (χ0n) is 10.4. The normalized spacial score (nSPS) is 14.7. The number of aldehydes is 1. The summed E-state index contributed by atoms with van der Waals surface area (Å²) in [6.45, 7) is 2.40. The Hall–Kier alpha value is -1.84. The number of amides is 1. The van der Waals surface area contributed by atoms with Crippen molar-refractivity contribution in [2.24, 2.45) is 5.92 Å². The van der Waals surface area contributed by atoms with Gasteiger partial charge < -0.3 is 10.1 Å². The highest BCUT2D eigenvalue weighted by atomic mass is 16.5. The topological polar surface area (TPSA) is 55.4 Å². The van der Waals surface area contributed by atoms with Crippen LogP contribution in [0, 0.1) is 5.92 Å². The second-order valence-electron chi connectivity index (χ2n) is 4.42. The molecule has 4 nitrogen and oxygen atoms in total. The summed E-state index contributed by atoms with van der Waals surface area (Å²) in [5.41, 5.74) is 1.11. The molecule has 0 atom stereocenters. The van der Waals surface area contributed by atoms with Crippen molar-refractivity contribution in [3.05, 3.63) is 23.8 Å². The van der Waals surface area contributed by atoms with E-state index in [-0.39, 0.29) is 11.8 Å². The van der Waals surface area contributed by atoms with Gasteiger partial charge in [0, 0.05) is 11.5 Å². The quantitative estimate of drug-likeness (QED) is 0.814. The van der Waals surface area contributed by atoms with E-state index in [0.29, 0.717) is 23.6 Å². The molecule has 0 radical (unpaired) electrons. The van der Waals surface area contributed by atoms with E-state index in [4.69, 9.17) is 4.74 Å². The van der Waals surface area contributed by atoms with Crippen LogP contribution in [0.3, 0.4) is 0 Å². The van der Waals surface area contributed by atoms with Crippen molar-refractivity contribution in [1.82, 2.24) is 0 Å². The van der Waals surface area contributed by atoms with E-state index in [1.54, 1.807) is 18.2 Å². The Kier molecular flexibility index (Phi) is 3.97. The number of carbonyl (C=O) groups excluding carboxylic acids is 2. The van der Waals surface area contributed by atoms with Crippen LogP contribution in [0.4, 0.5) is 5.69 Å². The Morgan fingerprint density at radius 2 is 2.28 bits per heavy atom. The molecule has 0 bridgehead atoms. The van der Waals surface area contributed by atoms with Gasteiger partial charge in [0.1, 0.15) is 12.0 Å². The van der Waals surface area contributed by atoms with Gasteiger partial charge in [0.05, 0.1) is 12.3 Å². The molecular weight excluding hydrogens is 230 g/mol. The fourth-order valence-electron chi connectivity index (χ4n) is 1.91. The van der Waals surface area contributed by atoms with Gasteiger partial charge in [0.15, 0.2) is 0 Å². The maximum absolute atomic E-state index is 11.9. The van der Waals surface area contributed by atoms with Crippen molar-refractivity contribution in [3.63, 3.8) is 0 Å². The Balaban J connectivity index is 2.16. The van der Waals surface area contributed by atoms with Crippen LogP contribution in [0.15, 0.2) is 18.2 Å². The third kappa shape index (κ3) is 2.70. The number of benzene rings is 1. The molecule has 1 amide bonds. The zero-order valence-corrected chi connectivity index (χ0v) is 10.4. The minimum atomic E-state index is 0.0188. The molecule has 1 saturated carbocycles. The lowest BCUT2D eigenvalue weighted by Gasteiger charge is -2.24. The smallest absolute Gasteiger partial charge is 0.227 e. The van der Waals surface area contributed by atoms with E-state index in [0.717, 1.165) is 25.5 Å².